The third kappa shape index (κ3) is 6.64. The van der Waals surface area contributed by atoms with E-state index in [0.29, 0.717) is 0 Å². The zero-order valence-corrected chi connectivity index (χ0v) is 34.8. The van der Waals surface area contributed by atoms with Crippen LogP contribution in [0.5, 0.6) is 0 Å². The maximum atomic E-state index is 5.55. The molecule has 0 spiro atoms. The number of rotatable bonds is 8. The molecule has 5 nitrogen and oxygen atoms in total. The second kappa shape index (κ2) is 15.7. The summed E-state index contributed by atoms with van der Waals surface area (Å²) in [5.41, 5.74) is 16.0. The van der Waals surface area contributed by atoms with Gasteiger partial charge in [-0.2, -0.15) is 0 Å². The summed E-state index contributed by atoms with van der Waals surface area (Å²) in [6, 6.07) is 79.2. The molecular formula is C59H39N5. The molecule has 12 rings (SSSR count). The lowest BCUT2D eigenvalue weighted by Gasteiger charge is -2.26. The van der Waals surface area contributed by atoms with Gasteiger partial charge in [0, 0.05) is 46.1 Å². The second-order valence-corrected chi connectivity index (χ2v) is 16.1. The van der Waals surface area contributed by atoms with E-state index in [2.05, 4.69) is 216 Å². The molecule has 0 fully saturated rings. The van der Waals surface area contributed by atoms with Crippen molar-refractivity contribution in [1.29, 1.82) is 0 Å². The molecule has 64 heavy (non-hydrogen) atoms. The Bertz CT molecular complexity index is 3610. The highest BCUT2D eigenvalue weighted by atomic mass is 15.1. The molecule has 0 N–H and O–H groups in total. The normalized spacial score (nSPS) is 11.4. The van der Waals surface area contributed by atoms with Crippen LogP contribution in [0.2, 0.25) is 0 Å². The summed E-state index contributed by atoms with van der Waals surface area (Å²) in [6.07, 6.45) is 4.10. The van der Waals surface area contributed by atoms with E-state index in [9.17, 15) is 0 Å². The van der Waals surface area contributed by atoms with Crippen molar-refractivity contribution in [2.75, 3.05) is 4.90 Å². The van der Waals surface area contributed by atoms with Gasteiger partial charge in [-0.15, -0.1) is 0 Å². The summed E-state index contributed by atoms with van der Waals surface area (Å²) in [7, 11) is 0. The monoisotopic (exact) mass is 817 g/mol. The lowest BCUT2D eigenvalue weighted by Crippen LogP contribution is -2.09. The van der Waals surface area contributed by atoms with Crippen LogP contribution in [0.4, 0.5) is 17.1 Å². The Kier molecular flexibility index (Phi) is 9.08. The Labute approximate surface area is 370 Å². The minimum Gasteiger partial charge on any atom is -0.311 e. The topological polar surface area (TPSA) is 46.3 Å². The lowest BCUT2D eigenvalue weighted by molar-refractivity contribution is 1.19. The Morgan fingerprint density at radius 1 is 0.344 bits per heavy atom. The molecule has 3 heterocycles. The third-order valence-corrected chi connectivity index (χ3v) is 12.2. The Balaban J connectivity index is 1.01. The molecule has 0 amide bonds. The van der Waals surface area contributed by atoms with Crippen molar-refractivity contribution in [2.45, 2.75) is 0 Å². The molecule has 0 saturated carbocycles. The minimum absolute atomic E-state index is 0.829. The Morgan fingerprint density at radius 3 is 1.39 bits per heavy atom. The molecule has 3 aromatic heterocycles. The summed E-state index contributed by atoms with van der Waals surface area (Å²) >= 11 is 0. The van der Waals surface area contributed by atoms with Crippen LogP contribution in [0, 0.1) is 0 Å². The molecule has 0 aliphatic carbocycles. The van der Waals surface area contributed by atoms with Crippen molar-refractivity contribution < 1.29 is 0 Å². The van der Waals surface area contributed by atoms with E-state index in [1.807, 2.05) is 30.5 Å². The van der Waals surface area contributed by atoms with Gasteiger partial charge in [0.05, 0.1) is 28.1 Å². The number of anilines is 3. The van der Waals surface area contributed by atoms with Crippen molar-refractivity contribution in [3.63, 3.8) is 0 Å². The predicted molar refractivity (Wildman–Crippen MR) is 265 cm³/mol. The Morgan fingerprint density at radius 2 is 0.812 bits per heavy atom. The number of imidazole rings is 1. The van der Waals surface area contributed by atoms with Gasteiger partial charge < -0.3 is 9.30 Å². The van der Waals surface area contributed by atoms with E-state index >= 15 is 0 Å². The van der Waals surface area contributed by atoms with Gasteiger partial charge in [-0.25, -0.2) is 15.0 Å². The molecule has 9 aromatic carbocycles. The van der Waals surface area contributed by atoms with Crippen molar-refractivity contribution in [3.8, 4) is 56.0 Å². The zero-order chi connectivity index (χ0) is 42.4. The van der Waals surface area contributed by atoms with Crippen LogP contribution in [0.15, 0.2) is 237 Å². The highest BCUT2D eigenvalue weighted by Gasteiger charge is 2.20. The zero-order valence-electron chi connectivity index (χ0n) is 34.8. The molecular weight excluding hydrogens is 779 g/mol. The molecule has 5 heteroatoms. The first kappa shape index (κ1) is 37.1. The van der Waals surface area contributed by atoms with Gasteiger partial charge >= 0.3 is 0 Å². The number of hydrogen-bond donors (Lipinski definition) is 0. The van der Waals surface area contributed by atoms with E-state index in [4.69, 9.17) is 15.0 Å². The van der Waals surface area contributed by atoms with Gasteiger partial charge in [0.2, 0.25) is 0 Å². The quantitative estimate of drug-likeness (QED) is 0.153. The third-order valence-electron chi connectivity index (χ3n) is 12.2. The summed E-state index contributed by atoms with van der Waals surface area (Å²) in [5, 5.41) is 4.79. The predicted octanol–water partition coefficient (Wildman–Crippen LogP) is 15.4. The first-order valence-electron chi connectivity index (χ1n) is 21.6. The number of hydrogen-bond acceptors (Lipinski definition) is 4. The van der Waals surface area contributed by atoms with Gasteiger partial charge in [-0.05, 0) is 104 Å². The van der Waals surface area contributed by atoms with Crippen molar-refractivity contribution in [1.82, 2.24) is 19.4 Å². The molecule has 300 valence electrons. The van der Waals surface area contributed by atoms with Crippen LogP contribution in [-0.2, 0) is 0 Å². The first-order chi connectivity index (χ1) is 31.7. The number of aromatic nitrogens is 4. The standard InChI is InChI=1S/C59H39N5/c1-3-17-43(18-4-1)58-59(44-30-34-47(35-31-44)64(45-21-5-2-6-22-45)46-32-28-42(29-33-46)56-39-63-36-12-11-27-57(63)60-56)62-55-38-53(51-26-14-20-41-16-8-10-24-49(41)51)52(37-54(55)61-58)50-25-13-19-40-15-7-9-23-48(40)50/h1-39H. The Hall–Kier alpha value is -8.67. The molecule has 0 radical (unpaired) electrons. The highest BCUT2D eigenvalue weighted by molar-refractivity contribution is 6.08. The fourth-order valence-electron chi connectivity index (χ4n) is 9.12. The van der Waals surface area contributed by atoms with Crippen LogP contribution < -0.4 is 4.90 Å². The average molecular weight is 818 g/mol. The molecule has 0 atom stereocenters. The summed E-state index contributed by atoms with van der Waals surface area (Å²) in [4.78, 5) is 18.2. The number of benzene rings is 9. The van der Waals surface area contributed by atoms with Crippen molar-refractivity contribution in [2.24, 2.45) is 0 Å². The second-order valence-electron chi connectivity index (χ2n) is 16.1. The number of fused-ring (bicyclic) bond motifs is 4. The minimum atomic E-state index is 0.829. The molecule has 0 aliphatic heterocycles. The van der Waals surface area contributed by atoms with Crippen LogP contribution in [-0.4, -0.2) is 19.4 Å². The number of pyridine rings is 1. The molecule has 0 aliphatic rings. The summed E-state index contributed by atoms with van der Waals surface area (Å²) < 4.78 is 2.05. The molecule has 0 saturated heterocycles. The maximum Gasteiger partial charge on any atom is 0.137 e. The van der Waals surface area contributed by atoms with E-state index < -0.39 is 0 Å². The van der Waals surface area contributed by atoms with E-state index in [0.717, 1.165) is 84.2 Å². The fraction of sp³-hybridized carbons (Fsp3) is 0. The highest BCUT2D eigenvalue weighted by Crippen LogP contribution is 2.43. The molecule has 0 bridgehead atoms. The smallest absolute Gasteiger partial charge is 0.137 e. The lowest BCUT2D eigenvalue weighted by atomic mass is 9.88. The van der Waals surface area contributed by atoms with Gasteiger partial charge in [0.25, 0.3) is 0 Å². The summed E-state index contributed by atoms with van der Waals surface area (Å²) in [6.45, 7) is 0. The first-order valence-corrected chi connectivity index (χ1v) is 21.6. The van der Waals surface area contributed by atoms with Gasteiger partial charge in [-0.1, -0.05) is 164 Å². The average Bonchev–Trinajstić information content (AvgIpc) is 3.81. The molecule has 0 unspecified atom stereocenters. The van der Waals surface area contributed by atoms with Crippen LogP contribution in [0.25, 0.3) is 94.3 Å². The van der Waals surface area contributed by atoms with E-state index in [1.165, 1.54) is 27.1 Å². The van der Waals surface area contributed by atoms with E-state index in [-0.39, 0.29) is 0 Å². The fourth-order valence-corrected chi connectivity index (χ4v) is 9.12. The largest absolute Gasteiger partial charge is 0.311 e. The van der Waals surface area contributed by atoms with Gasteiger partial charge in [0.1, 0.15) is 5.65 Å². The van der Waals surface area contributed by atoms with Crippen molar-refractivity contribution in [3.05, 3.63) is 237 Å². The van der Waals surface area contributed by atoms with Gasteiger partial charge in [-0.3, -0.25) is 0 Å². The van der Waals surface area contributed by atoms with Crippen molar-refractivity contribution >= 4 is 55.3 Å². The van der Waals surface area contributed by atoms with Gasteiger partial charge in [0.15, 0.2) is 0 Å². The van der Waals surface area contributed by atoms with Crippen LogP contribution in [0.3, 0.4) is 0 Å². The number of para-hydroxylation sites is 1. The SMILES string of the molecule is c1ccc(-c2nc3cc(-c4cccc5ccccc45)c(-c4cccc5ccccc45)cc3nc2-c2ccc(N(c3ccccc3)c3ccc(-c4cn5ccccc5n4)cc3)cc2)cc1. The van der Waals surface area contributed by atoms with Crippen LogP contribution >= 0.6 is 0 Å². The summed E-state index contributed by atoms with van der Waals surface area (Å²) in [5.74, 6) is 0. The van der Waals surface area contributed by atoms with Crippen LogP contribution in [0.1, 0.15) is 0 Å². The molecule has 12 aromatic rings. The maximum absolute atomic E-state index is 5.55. The van der Waals surface area contributed by atoms with E-state index in [1.54, 1.807) is 0 Å². The number of nitrogens with zero attached hydrogens (tertiary/aromatic N) is 5.